The Kier molecular flexibility index (Phi) is 6.86. The van der Waals surface area contributed by atoms with Crippen molar-refractivity contribution in [2.75, 3.05) is 59.8 Å². The normalized spacial score (nSPS) is 16.8. The summed E-state index contributed by atoms with van der Waals surface area (Å²) in [6, 6.07) is 21.9. The molecule has 0 bridgehead atoms. The maximum atomic E-state index is 12.6. The topological polar surface area (TPSA) is 82.6 Å². The van der Waals surface area contributed by atoms with Crippen LogP contribution >= 0.6 is 0 Å². The van der Waals surface area contributed by atoms with Gasteiger partial charge in [-0.15, -0.1) is 10.2 Å². The molecule has 2 aromatic carbocycles. The third-order valence-corrected chi connectivity index (χ3v) is 6.40. The molecule has 1 aromatic heterocycles. The number of amides is 1. The van der Waals surface area contributed by atoms with Gasteiger partial charge >= 0.3 is 0 Å². The van der Waals surface area contributed by atoms with E-state index in [9.17, 15) is 4.79 Å². The van der Waals surface area contributed by atoms with E-state index in [2.05, 4.69) is 54.9 Å². The predicted octanol–water partition coefficient (Wildman–Crippen LogP) is 3.91. The summed E-state index contributed by atoms with van der Waals surface area (Å²) in [5.74, 6) is 1.66. The van der Waals surface area contributed by atoms with Gasteiger partial charge in [-0.25, -0.2) is 0 Å². The van der Waals surface area contributed by atoms with Crippen molar-refractivity contribution in [2.24, 2.45) is 5.92 Å². The minimum absolute atomic E-state index is 0.0192. The van der Waals surface area contributed by atoms with Crippen molar-refractivity contribution in [3.05, 3.63) is 66.7 Å². The SMILES string of the molecule is O=C(Nc1ccccc1)C1CCN(c2ccc(Nc3ccc(N4CCOCC4)cc3)nn2)CC1. The van der Waals surface area contributed by atoms with Crippen LogP contribution in [0, 0.1) is 5.92 Å². The third kappa shape index (κ3) is 5.46. The predicted molar refractivity (Wildman–Crippen MR) is 135 cm³/mol. The summed E-state index contributed by atoms with van der Waals surface area (Å²) in [6.07, 6.45) is 1.60. The smallest absolute Gasteiger partial charge is 0.227 e. The van der Waals surface area contributed by atoms with Gasteiger partial charge in [-0.3, -0.25) is 4.79 Å². The van der Waals surface area contributed by atoms with E-state index < -0.39 is 0 Å². The van der Waals surface area contributed by atoms with Crippen LogP contribution in [0.1, 0.15) is 12.8 Å². The fourth-order valence-electron chi connectivity index (χ4n) is 4.42. The first-order chi connectivity index (χ1) is 16.7. The summed E-state index contributed by atoms with van der Waals surface area (Å²) in [5.41, 5.74) is 3.03. The van der Waals surface area contributed by atoms with E-state index in [1.165, 1.54) is 5.69 Å². The number of carbonyl (C=O) groups is 1. The number of ether oxygens (including phenoxy) is 1. The fourth-order valence-corrected chi connectivity index (χ4v) is 4.42. The van der Waals surface area contributed by atoms with E-state index in [1.54, 1.807) is 0 Å². The maximum absolute atomic E-state index is 12.6. The molecule has 5 rings (SSSR count). The molecule has 34 heavy (non-hydrogen) atoms. The molecule has 1 amide bonds. The molecule has 0 spiro atoms. The lowest BCUT2D eigenvalue weighted by Gasteiger charge is -2.31. The van der Waals surface area contributed by atoms with Crippen LogP contribution in [-0.4, -0.2) is 55.5 Å². The largest absolute Gasteiger partial charge is 0.378 e. The minimum atomic E-state index is 0.0192. The van der Waals surface area contributed by atoms with Crippen LogP contribution in [0.5, 0.6) is 0 Å². The van der Waals surface area contributed by atoms with Crippen LogP contribution in [0.4, 0.5) is 28.7 Å². The number of aromatic nitrogens is 2. The fraction of sp³-hybridized carbons (Fsp3) is 0.346. The lowest BCUT2D eigenvalue weighted by Crippen LogP contribution is -2.38. The highest BCUT2D eigenvalue weighted by atomic mass is 16.5. The quantitative estimate of drug-likeness (QED) is 0.579. The number of para-hydroxylation sites is 1. The molecule has 0 unspecified atom stereocenters. The Bertz CT molecular complexity index is 1060. The van der Waals surface area contributed by atoms with Gasteiger partial charge in [-0.1, -0.05) is 18.2 Å². The summed E-state index contributed by atoms with van der Waals surface area (Å²) < 4.78 is 5.42. The molecule has 8 nitrogen and oxygen atoms in total. The molecule has 2 aliphatic rings. The molecule has 2 aliphatic heterocycles. The number of benzene rings is 2. The summed E-state index contributed by atoms with van der Waals surface area (Å²) in [5, 5.41) is 15.1. The summed E-state index contributed by atoms with van der Waals surface area (Å²) in [7, 11) is 0. The highest BCUT2D eigenvalue weighted by Crippen LogP contribution is 2.25. The molecule has 0 atom stereocenters. The van der Waals surface area contributed by atoms with Gasteiger partial charge < -0.3 is 25.2 Å². The number of piperidine rings is 1. The Balaban J connectivity index is 1.12. The molecule has 0 radical (unpaired) electrons. The molecular formula is C26H30N6O2. The highest BCUT2D eigenvalue weighted by molar-refractivity contribution is 5.92. The molecule has 2 saturated heterocycles. The Morgan fingerprint density at radius 3 is 2.21 bits per heavy atom. The van der Waals surface area contributed by atoms with Crippen molar-refractivity contribution in [1.82, 2.24) is 10.2 Å². The summed E-state index contributed by atoms with van der Waals surface area (Å²) in [4.78, 5) is 17.1. The van der Waals surface area contributed by atoms with Crippen molar-refractivity contribution < 1.29 is 9.53 Å². The van der Waals surface area contributed by atoms with Crippen LogP contribution in [-0.2, 0) is 9.53 Å². The molecule has 176 valence electrons. The van der Waals surface area contributed by atoms with Crippen molar-refractivity contribution >= 4 is 34.6 Å². The van der Waals surface area contributed by atoms with Gasteiger partial charge in [0.15, 0.2) is 11.6 Å². The second kappa shape index (κ2) is 10.5. The van der Waals surface area contributed by atoms with Crippen LogP contribution in [0.25, 0.3) is 0 Å². The van der Waals surface area contributed by atoms with E-state index in [4.69, 9.17) is 4.74 Å². The Labute approximate surface area is 199 Å². The van der Waals surface area contributed by atoms with Gasteiger partial charge in [-0.05, 0) is 61.4 Å². The average molecular weight is 459 g/mol. The van der Waals surface area contributed by atoms with Crippen molar-refractivity contribution in [1.29, 1.82) is 0 Å². The second-order valence-electron chi connectivity index (χ2n) is 8.66. The Morgan fingerprint density at radius 1 is 0.794 bits per heavy atom. The minimum Gasteiger partial charge on any atom is -0.378 e. The zero-order chi connectivity index (χ0) is 23.2. The van der Waals surface area contributed by atoms with E-state index >= 15 is 0 Å². The average Bonchev–Trinajstić information content (AvgIpc) is 2.91. The molecule has 0 saturated carbocycles. The highest BCUT2D eigenvalue weighted by Gasteiger charge is 2.26. The molecule has 0 aliphatic carbocycles. The van der Waals surface area contributed by atoms with Gasteiger partial charge in [-0.2, -0.15) is 0 Å². The monoisotopic (exact) mass is 458 g/mol. The lowest BCUT2D eigenvalue weighted by atomic mass is 9.96. The van der Waals surface area contributed by atoms with E-state index in [0.717, 1.165) is 69.4 Å². The van der Waals surface area contributed by atoms with Gasteiger partial charge in [0.2, 0.25) is 5.91 Å². The van der Waals surface area contributed by atoms with Crippen molar-refractivity contribution in [2.45, 2.75) is 12.8 Å². The van der Waals surface area contributed by atoms with E-state index in [-0.39, 0.29) is 11.8 Å². The number of hydrogen-bond donors (Lipinski definition) is 2. The van der Waals surface area contributed by atoms with E-state index in [1.807, 2.05) is 42.5 Å². The molecule has 3 heterocycles. The molecule has 3 aromatic rings. The standard InChI is InChI=1S/C26H30N6O2/c33-26(28-21-4-2-1-3-5-21)20-12-14-32(15-13-20)25-11-10-24(29-30-25)27-22-6-8-23(9-7-22)31-16-18-34-19-17-31/h1-11,20H,12-19H2,(H,27,29)(H,28,33). The zero-order valence-corrected chi connectivity index (χ0v) is 19.2. The first-order valence-corrected chi connectivity index (χ1v) is 11.9. The number of anilines is 5. The van der Waals surface area contributed by atoms with Crippen LogP contribution in [0.3, 0.4) is 0 Å². The third-order valence-electron chi connectivity index (χ3n) is 6.40. The first kappa shape index (κ1) is 22.2. The van der Waals surface area contributed by atoms with Crippen LogP contribution in [0.2, 0.25) is 0 Å². The Hall–Kier alpha value is -3.65. The second-order valence-corrected chi connectivity index (χ2v) is 8.66. The zero-order valence-electron chi connectivity index (χ0n) is 19.2. The van der Waals surface area contributed by atoms with Gasteiger partial charge in [0.1, 0.15) is 0 Å². The van der Waals surface area contributed by atoms with Gasteiger partial charge in [0, 0.05) is 49.2 Å². The van der Waals surface area contributed by atoms with Gasteiger partial charge in [0.25, 0.3) is 0 Å². The van der Waals surface area contributed by atoms with Gasteiger partial charge in [0.05, 0.1) is 13.2 Å². The number of carbonyl (C=O) groups excluding carboxylic acids is 1. The number of hydrogen-bond acceptors (Lipinski definition) is 7. The van der Waals surface area contributed by atoms with E-state index in [0.29, 0.717) is 5.82 Å². The molecule has 8 heteroatoms. The lowest BCUT2D eigenvalue weighted by molar-refractivity contribution is -0.120. The molecule has 2 fully saturated rings. The Morgan fingerprint density at radius 2 is 1.53 bits per heavy atom. The molecular weight excluding hydrogens is 428 g/mol. The number of nitrogens with one attached hydrogen (secondary N) is 2. The summed E-state index contributed by atoms with van der Waals surface area (Å²) in [6.45, 7) is 4.99. The number of morpholine rings is 1. The van der Waals surface area contributed by atoms with Crippen molar-refractivity contribution in [3.63, 3.8) is 0 Å². The number of rotatable bonds is 6. The first-order valence-electron chi connectivity index (χ1n) is 11.9. The van der Waals surface area contributed by atoms with Crippen molar-refractivity contribution in [3.8, 4) is 0 Å². The molecule has 2 N–H and O–H groups in total. The maximum Gasteiger partial charge on any atom is 0.227 e. The van der Waals surface area contributed by atoms with Crippen LogP contribution in [0.15, 0.2) is 66.7 Å². The van der Waals surface area contributed by atoms with Crippen LogP contribution < -0.4 is 20.4 Å². The summed E-state index contributed by atoms with van der Waals surface area (Å²) >= 11 is 0. The number of nitrogens with zero attached hydrogens (tertiary/aromatic N) is 4.